The van der Waals surface area contributed by atoms with E-state index in [0.29, 0.717) is 17.7 Å². The Labute approximate surface area is 173 Å². The second-order valence-electron chi connectivity index (χ2n) is 8.99. The summed E-state index contributed by atoms with van der Waals surface area (Å²) in [6.45, 7) is 3.66. The van der Waals surface area contributed by atoms with Crippen LogP contribution in [-0.2, 0) is 25.9 Å². The highest BCUT2D eigenvalue weighted by Gasteiger charge is 2.30. The Kier molecular flexibility index (Phi) is 6.09. The molecule has 1 N–H and O–H groups in total. The summed E-state index contributed by atoms with van der Waals surface area (Å²) in [5.41, 5.74) is 3.09. The monoisotopic (exact) mass is 398 g/mol. The average Bonchev–Trinajstić information content (AvgIpc) is 3.30. The quantitative estimate of drug-likeness (QED) is 0.806. The normalized spacial score (nSPS) is 19.9. The lowest BCUT2D eigenvalue weighted by Crippen LogP contribution is -2.35. The number of hydrogen-bond donors (Lipinski definition) is 1. The van der Waals surface area contributed by atoms with E-state index in [1.807, 2.05) is 33.2 Å². The molecule has 2 aliphatic rings. The zero-order valence-electron chi connectivity index (χ0n) is 18.0. The molecule has 0 bridgehead atoms. The van der Waals surface area contributed by atoms with Crippen molar-refractivity contribution < 1.29 is 9.21 Å². The van der Waals surface area contributed by atoms with Crippen molar-refractivity contribution in [2.24, 2.45) is 5.92 Å². The van der Waals surface area contributed by atoms with Gasteiger partial charge < -0.3 is 14.6 Å². The van der Waals surface area contributed by atoms with Crippen LogP contribution < -0.4 is 5.32 Å². The van der Waals surface area contributed by atoms with E-state index in [4.69, 9.17) is 9.52 Å². The zero-order chi connectivity index (χ0) is 20.4. The van der Waals surface area contributed by atoms with Gasteiger partial charge in [-0.05, 0) is 57.1 Å². The van der Waals surface area contributed by atoms with Crippen molar-refractivity contribution in [3.8, 4) is 0 Å². The van der Waals surface area contributed by atoms with Gasteiger partial charge in [-0.2, -0.15) is 5.10 Å². The molecule has 1 saturated carbocycles. The molecule has 4 rings (SSSR count). The fourth-order valence-electron chi connectivity index (χ4n) is 4.84. The minimum absolute atomic E-state index is 0.0194. The minimum atomic E-state index is 0.0194. The molecule has 0 radical (unpaired) electrons. The van der Waals surface area contributed by atoms with Gasteiger partial charge in [0.1, 0.15) is 11.5 Å². The van der Waals surface area contributed by atoms with Crippen molar-refractivity contribution in [3.05, 3.63) is 40.6 Å². The van der Waals surface area contributed by atoms with E-state index >= 15 is 0 Å². The number of hydrogen-bond acceptors (Lipinski definition) is 4. The molecule has 0 saturated heterocycles. The summed E-state index contributed by atoms with van der Waals surface area (Å²) >= 11 is 0. The van der Waals surface area contributed by atoms with Crippen LogP contribution in [0.15, 0.2) is 16.5 Å². The number of carbonyl (C=O) groups is 1. The Bertz CT molecular complexity index is 845. The lowest BCUT2D eigenvalue weighted by molar-refractivity contribution is 0.0819. The maximum Gasteiger partial charge on any atom is 0.274 e. The number of amides is 1. The molecule has 1 unspecified atom stereocenters. The first-order valence-corrected chi connectivity index (χ1v) is 11.1. The highest BCUT2D eigenvalue weighted by Crippen LogP contribution is 2.30. The van der Waals surface area contributed by atoms with E-state index < -0.39 is 0 Å². The maximum atomic E-state index is 12.8. The van der Waals surface area contributed by atoms with E-state index in [-0.39, 0.29) is 5.91 Å². The molecule has 1 amide bonds. The van der Waals surface area contributed by atoms with Gasteiger partial charge in [-0.3, -0.25) is 9.48 Å². The molecule has 1 atom stereocenters. The SMILES string of the molecule is Cc1ccc(CNC2CCc3c(c(C(=O)N(C)C)nn3CC3CCCCC3)C2)o1. The zero-order valence-corrected chi connectivity index (χ0v) is 18.0. The fraction of sp³-hybridized carbons (Fsp3) is 0.652. The lowest BCUT2D eigenvalue weighted by Gasteiger charge is -2.26. The van der Waals surface area contributed by atoms with E-state index in [2.05, 4.69) is 10.00 Å². The first kappa shape index (κ1) is 20.2. The van der Waals surface area contributed by atoms with Crippen LogP contribution >= 0.6 is 0 Å². The van der Waals surface area contributed by atoms with E-state index in [1.165, 1.54) is 37.8 Å². The van der Waals surface area contributed by atoms with Crippen molar-refractivity contribution in [1.29, 1.82) is 0 Å². The van der Waals surface area contributed by atoms with Crippen molar-refractivity contribution in [1.82, 2.24) is 20.0 Å². The van der Waals surface area contributed by atoms with Gasteiger partial charge in [-0.25, -0.2) is 0 Å². The number of aromatic nitrogens is 2. The summed E-state index contributed by atoms with van der Waals surface area (Å²) in [5, 5.41) is 8.46. The number of fused-ring (bicyclic) bond motifs is 1. The molecule has 29 heavy (non-hydrogen) atoms. The predicted octanol–water partition coefficient (Wildman–Crippen LogP) is 3.71. The summed E-state index contributed by atoms with van der Waals surface area (Å²) in [6, 6.07) is 4.37. The number of furan rings is 1. The van der Waals surface area contributed by atoms with Gasteiger partial charge in [-0.1, -0.05) is 19.3 Å². The Balaban J connectivity index is 1.51. The number of rotatable bonds is 6. The molecular formula is C23H34N4O2. The fourth-order valence-corrected chi connectivity index (χ4v) is 4.84. The van der Waals surface area contributed by atoms with Gasteiger partial charge in [0.05, 0.1) is 6.54 Å². The number of carbonyl (C=O) groups excluding carboxylic acids is 1. The second-order valence-corrected chi connectivity index (χ2v) is 8.99. The highest BCUT2D eigenvalue weighted by atomic mass is 16.3. The summed E-state index contributed by atoms with van der Waals surface area (Å²) in [4.78, 5) is 14.5. The predicted molar refractivity (Wildman–Crippen MR) is 113 cm³/mol. The molecule has 6 nitrogen and oxygen atoms in total. The molecule has 0 spiro atoms. The van der Waals surface area contributed by atoms with Crippen LogP contribution in [0.25, 0.3) is 0 Å². The molecule has 2 aromatic heterocycles. The summed E-state index contributed by atoms with van der Waals surface area (Å²) in [6.07, 6.45) is 9.50. The molecule has 6 heteroatoms. The van der Waals surface area contributed by atoms with Gasteiger partial charge in [0, 0.05) is 37.9 Å². The van der Waals surface area contributed by atoms with E-state index in [1.54, 1.807) is 4.90 Å². The third kappa shape index (κ3) is 4.58. The summed E-state index contributed by atoms with van der Waals surface area (Å²) < 4.78 is 7.86. The Hall–Kier alpha value is -2.08. The Morgan fingerprint density at radius 2 is 2.03 bits per heavy atom. The van der Waals surface area contributed by atoms with Gasteiger partial charge in [0.15, 0.2) is 5.69 Å². The van der Waals surface area contributed by atoms with Crippen LogP contribution in [0.2, 0.25) is 0 Å². The topological polar surface area (TPSA) is 63.3 Å². The third-order valence-electron chi connectivity index (χ3n) is 6.47. The first-order valence-electron chi connectivity index (χ1n) is 11.1. The van der Waals surface area contributed by atoms with Crippen LogP contribution in [-0.4, -0.2) is 40.7 Å². The van der Waals surface area contributed by atoms with Crippen LogP contribution in [0.1, 0.15) is 71.8 Å². The Morgan fingerprint density at radius 3 is 2.72 bits per heavy atom. The molecule has 2 heterocycles. The largest absolute Gasteiger partial charge is 0.465 e. The molecule has 0 aromatic carbocycles. The summed E-state index contributed by atoms with van der Waals surface area (Å²) in [7, 11) is 3.62. The number of aryl methyl sites for hydroxylation is 1. The van der Waals surface area contributed by atoms with Gasteiger partial charge in [-0.15, -0.1) is 0 Å². The molecular weight excluding hydrogens is 364 g/mol. The summed E-state index contributed by atoms with van der Waals surface area (Å²) in [5.74, 6) is 2.63. The Morgan fingerprint density at radius 1 is 1.24 bits per heavy atom. The number of nitrogens with one attached hydrogen (secondary N) is 1. The third-order valence-corrected chi connectivity index (χ3v) is 6.47. The second kappa shape index (κ2) is 8.74. The average molecular weight is 399 g/mol. The molecule has 2 aliphatic carbocycles. The van der Waals surface area contributed by atoms with E-state index in [9.17, 15) is 4.79 Å². The number of nitrogens with zero attached hydrogens (tertiary/aromatic N) is 3. The van der Waals surface area contributed by atoms with Crippen LogP contribution in [0.4, 0.5) is 0 Å². The van der Waals surface area contributed by atoms with E-state index in [0.717, 1.165) is 49.4 Å². The van der Waals surface area contributed by atoms with Gasteiger partial charge in [0.2, 0.25) is 0 Å². The first-order chi connectivity index (χ1) is 14.0. The standard InChI is InChI=1S/C23H34N4O2/c1-16-9-11-19(29-16)14-24-18-10-12-21-20(13-18)22(23(28)26(2)3)25-27(21)15-17-7-5-4-6-8-17/h9,11,17-18,24H,4-8,10,12-15H2,1-3H3. The molecule has 0 aliphatic heterocycles. The van der Waals surface area contributed by atoms with Crippen LogP contribution in [0.3, 0.4) is 0 Å². The van der Waals surface area contributed by atoms with Crippen LogP contribution in [0.5, 0.6) is 0 Å². The maximum absolute atomic E-state index is 12.8. The molecule has 158 valence electrons. The highest BCUT2D eigenvalue weighted by molar-refractivity contribution is 5.93. The van der Waals surface area contributed by atoms with Crippen molar-refractivity contribution in [2.45, 2.75) is 77.4 Å². The van der Waals surface area contributed by atoms with Crippen LogP contribution in [0, 0.1) is 12.8 Å². The lowest BCUT2D eigenvalue weighted by atomic mass is 9.88. The smallest absolute Gasteiger partial charge is 0.274 e. The van der Waals surface area contributed by atoms with Crippen molar-refractivity contribution >= 4 is 5.91 Å². The molecule has 2 aromatic rings. The van der Waals surface area contributed by atoms with Crippen molar-refractivity contribution in [3.63, 3.8) is 0 Å². The minimum Gasteiger partial charge on any atom is -0.465 e. The van der Waals surface area contributed by atoms with Crippen molar-refractivity contribution in [2.75, 3.05) is 14.1 Å². The molecule has 1 fully saturated rings. The van der Waals surface area contributed by atoms with Gasteiger partial charge in [0.25, 0.3) is 5.91 Å². The van der Waals surface area contributed by atoms with Gasteiger partial charge >= 0.3 is 0 Å².